The lowest BCUT2D eigenvalue weighted by Gasteiger charge is -2.16. The first kappa shape index (κ1) is 13.6. The number of terminal acetylenes is 1. The van der Waals surface area contributed by atoms with Crippen LogP contribution in [0.1, 0.15) is 12.5 Å². The summed E-state index contributed by atoms with van der Waals surface area (Å²) < 4.78 is 25.6. The Balaban J connectivity index is 2.08. The van der Waals surface area contributed by atoms with Crippen LogP contribution in [0.3, 0.4) is 0 Å². The average Bonchev–Trinajstić information content (AvgIpc) is 2.77. The second kappa shape index (κ2) is 5.41. The number of para-hydroxylation sites is 1. The van der Waals surface area contributed by atoms with Crippen molar-refractivity contribution in [3.8, 4) is 12.3 Å². The molecule has 100 valence electrons. The van der Waals surface area contributed by atoms with Gasteiger partial charge in [-0.25, -0.2) is 8.78 Å². The second-order valence-corrected chi connectivity index (χ2v) is 4.73. The van der Waals surface area contributed by atoms with Crippen molar-refractivity contribution >= 4 is 10.9 Å². The number of aromatic amines is 1. The van der Waals surface area contributed by atoms with E-state index in [1.165, 1.54) is 0 Å². The van der Waals surface area contributed by atoms with E-state index >= 15 is 0 Å². The molecule has 4 heteroatoms. The summed E-state index contributed by atoms with van der Waals surface area (Å²) in [6.07, 6.45) is 7.80. The van der Waals surface area contributed by atoms with E-state index in [4.69, 9.17) is 6.42 Å². The number of halogens is 2. The number of alkyl halides is 2. The van der Waals surface area contributed by atoms with Crippen LogP contribution in [0.25, 0.3) is 10.9 Å². The number of rotatable bonds is 5. The van der Waals surface area contributed by atoms with Crippen molar-refractivity contribution in [3.63, 3.8) is 0 Å². The summed E-state index contributed by atoms with van der Waals surface area (Å²) in [7, 11) is 0. The minimum absolute atomic E-state index is 0.398. The van der Waals surface area contributed by atoms with Crippen LogP contribution in [0.4, 0.5) is 8.78 Å². The van der Waals surface area contributed by atoms with Gasteiger partial charge < -0.3 is 4.98 Å². The Morgan fingerprint density at radius 3 is 2.84 bits per heavy atom. The molecular weight excluding hydrogens is 246 g/mol. The van der Waals surface area contributed by atoms with E-state index < -0.39 is 18.5 Å². The van der Waals surface area contributed by atoms with Gasteiger partial charge in [-0.3, -0.25) is 5.32 Å². The molecule has 1 aromatic heterocycles. The lowest BCUT2D eigenvalue weighted by molar-refractivity contribution is 0.0214. The fourth-order valence-electron chi connectivity index (χ4n) is 2.01. The summed E-state index contributed by atoms with van der Waals surface area (Å²) >= 11 is 0. The number of aromatic nitrogens is 1. The second-order valence-electron chi connectivity index (χ2n) is 4.73. The molecule has 1 heterocycles. The molecule has 0 aliphatic carbocycles. The van der Waals surface area contributed by atoms with E-state index in [-0.39, 0.29) is 0 Å². The molecular formula is C15H16F2N2. The van der Waals surface area contributed by atoms with E-state index in [9.17, 15) is 8.78 Å². The monoisotopic (exact) mass is 262 g/mol. The predicted octanol–water partition coefficient (Wildman–Crippen LogP) is 2.96. The van der Waals surface area contributed by atoms with Crippen LogP contribution in [0.5, 0.6) is 0 Å². The van der Waals surface area contributed by atoms with Gasteiger partial charge in [0.2, 0.25) is 0 Å². The van der Waals surface area contributed by atoms with E-state index in [0.717, 1.165) is 23.4 Å². The summed E-state index contributed by atoms with van der Waals surface area (Å²) in [4.78, 5) is 3.15. The summed E-state index contributed by atoms with van der Waals surface area (Å²) in [6.45, 7) is 0.462. The molecule has 0 spiro atoms. The summed E-state index contributed by atoms with van der Waals surface area (Å²) in [6, 6.07) is 7.44. The van der Waals surface area contributed by atoms with E-state index in [1.807, 2.05) is 30.5 Å². The lowest BCUT2D eigenvalue weighted by atomic mass is 10.1. The molecule has 0 bridgehead atoms. The van der Waals surface area contributed by atoms with Crippen molar-refractivity contribution in [1.29, 1.82) is 0 Å². The van der Waals surface area contributed by atoms with Crippen LogP contribution in [0.15, 0.2) is 30.5 Å². The molecule has 1 aromatic carbocycles. The molecule has 0 radical (unpaired) electrons. The zero-order valence-corrected chi connectivity index (χ0v) is 10.7. The van der Waals surface area contributed by atoms with Gasteiger partial charge in [-0.1, -0.05) is 24.1 Å². The number of fused-ring (bicyclic) bond motifs is 1. The molecule has 1 atom stereocenters. The molecule has 19 heavy (non-hydrogen) atoms. The normalized spacial score (nSPS) is 13.4. The molecule has 0 aliphatic heterocycles. The summed E-state index contributed by atoms with van der Waals surface area (Å²) in [5.41, 5.74) is 2.06. The van der Waals surface area contributed by atoms with Crippen LogP contribution in [0.2, 0.25) is 0 Å². The topological polar surface area (TPSA) is 27.8 Å². The maximum atomic E-state index is 12.8. The molecule has 0 aliphatic rings. The zero-order valence-electron chi connectivity index (χ0n) is 10.7. The Morgan fingerprint density at radius 1 is 1.42 bits per heavy atom. The SMILES string of the molecule is C#C[C@H](Cc1c[nH]c2ccccc12)NCC(C)(F)F. The van der Waals surface area contributed by atoms with Crippen molar-refractivity contribution in [2.45, 2.75) is 25.3 Å². The van der Waals surface area contributed by atoms with Crippen molar-refractivity contribution < 1.29 is 8.78 Å². The van der Waals surface area contributed by atoms with Gasteiger partial charge >= 0.3 is 0 Å². The summed E-state index contributed by atoms with van der Waals surface area (Å²) in [5.74, 6) is -0.235. The maximum Gasteiger partial charge on any atom is 0.257 e. The van der Waals surface area contributed by atoms with Gasteiger partial charge in [-0.05, 0) is 11.6 Å². The first-order valence-electron chi connectivity index (χ1n) is 6.12. The minimum atomic E-state index is -2.75. The quantitative estimate of drug-likeness (QED) is 0.797. The van der Waals surface area contributed by atoms with Crippen LogP contribution in [-0.2, 0) is 6.42 Å². The molecule has 0 unspecified atom stereocenters. The maximum absolute atomic E-state index is 12.8. The third kappa shape index (κ3) is 3.55. The number of nitrogens with one attached hydrogen (secondary N) is 2. The first-order chi connectivity index (χ1) is 8.99. The van der Waals surface area contributed by atoms with E-state index in [2.05, 4.69) is 16.2 Å². The smallest absolute Gasteiger partial charge is 0.257 e. The van der Waals surface area contributed by atoms with Gasteiger partial charge in [0.25, 0.3) is 5.92 Å². The van der Waals surface area contributed by atoms with Crippen molar-refractivity contribution in [3.05, 3.63) is 36.0 Å². The number of hydrogen-bond acceptors (Lipinski definition) is 1. The van der Waals surface area contributed by atoms with Crippen LogP contribution < -0.4 is 5.32 Å². The predicted molar refractivity (Wildman–Crippen MR) is 73.2 cm³/mol. The van der Waals surface area contributed by atoms with Crippen LogP contribution >= 0.6 is 0 Å². The molecule has 2 aromatic rings. The third-order valence-electron chi connectivity index (χ3n) is 2.96. The highest BCUT2D eigenvalue weighted by molar-refractivity contribution is 5.83. The van der Waals surface area contributed by atoms with Gasteiger partial charge in [-0.15, -0.1) is 6.42 Å². The molecule has 2 rings (SSSR count). The highest BCUT2D eigenvalue weighted by atomic mass is 19.3. The minimum Gasteiger partial charge on any atom is -0.361 e. The first-order valence-corrected chi connectivity index (χ1v) is 6.12. The highest BCUT2D eigenvalue weighted by Crippen LogP contribution is 2.19. The van der Waals surface area contributed by atoms with E-state index in [1.54, 1.807) is 0 Å². The number of benzene rings is 1. The number of hydrogen-bond donors (Lipinski definition) is 2. The molecule has 2 nitrogen and oxygen atoms in total. The van der Waals surface area contributed by atoms with E-state index in [0.29, 0.717) is 6.42 Å². The molecule has 0 fully saturated rings. The third-order valence-corrected chi connectivity index (χ3v) is 2.96. The van der Waals surface area contributed by atoms with Gasteiger partial charge in [-0.2, -0.15) is 0 Å². The Kier molecular flexibility index (Phi) is 3.87. The van der Waals surface area contributed by atoms with Gasteiger partial charge in [0.15, 0.2) is 0 Å². The fourth-order valence-corrected chi connectivity index (χ4v) is 2.01. The van der Waals surface area contributed by atoms with Gasteiger partial charge in [0.1, 0.15) is 0 Å². The molecule has 0 saturated heterocycles. The Hall–Kier alpha value is -1.86. The molecule has 2 N–H and O–H groups in total. The number of H-pyrrole nitrogens is 1. The Labute approximate surface area is 111 Å². The standard InChI is InChI=1S/C15H16F2N2/c1-3-12(19-10-15(2,16)17)8-11-9-18-14-7-5-4-6-13(11)14/h1,4-7,9,12,18-19H,8,10H2,2H3/t12-/m1/s1. The van der Waals surface area contributed by atoms with Crippen LogP contribution in [0, 0.1) is 12.3 Å². The molecule has 0 saturated carbocycles. The molecule has 0 amide bonds. The van der Waals surface area contributed by atoms with Crippen molar-refractivity contribution in [1.82, 2.24) is 10.3 Å². The average molecular weight is 262 g/mol. The lowest BCUT2D eigenvalue weighted by Crippen LogP contribution is -2.38. The van der Waals surface area contributed by atoms with Crippen molar-refractivity contribution in [2.24, 2.45) is 0 Å². The largest absolute Gasteiger partial charge is 0.361 e. The summed E-state index contributed by atoms with van der Waals surface area (Å²) in [5, 5.41) is 3.79. The van der Waals surface area contributed by atoms with Crippen molar-refractivity contribution in [2.75, 3.05) is 6.54 Å². The zero-order chi connectivity index (χ0) is 13.9. The van der Waals surface area contributed by atoms with Gasteiger partial charge in [0, 0.05) is 30.4 Å². The highest BCUT2D eigenvalue weighted by Gasteiger charge is 2.22. The Morgan fingerprint density at radius 2 is 2.16 bits per heavy atom. The van der Waals surface area contributed by atoms with Crippen LogP contribution in [-0.4, -0.2) is 23.5 Å². The van der Waals surface area contributed by atoms with Gasteiger partial charge in [0.05, 0.1) is 12.6 Å². The Bertz CT molecular complexity index is 590. The fraction of sp³-hybridized carbons (Fsp3) is 0.333.